The zero-order valence-corrected chi connectivity index (χ0v) is 13.1. The van der Waals surface area contributed by atoms with E-state index < -0.39 is 27.7 Å². The van der Waals surface area contributed by atoms with Crippen LogP contribution in [0.2, 0.25) is 0 Å². The average Bonchev–Trinajstić information content (AvgIpc) is 3.18. The fraction of sp³-hybridized carbons (Fsp3) is 0.500. The fourth-order valence-electron chi connectivity index (χ4n) is 2.11. The summed E-state index contributed by atoms with van der Waals surface area (Å²) >= 11 is 0. The molecule has 22 heavy (non-hydrogen) atoms. The highest BCUT2D eigenvalue weighted by molar-refractivity contribution is 7.89. The van der Waals surface area contributed by atoms with Gasteiger partial charge in [0.25, 0.3) is 0 Å². The number of hydrogen-bond donors (Lipinski definition) is 2. The van der Waals surface area contributed by atoms with Gasteiger partial charge >= 0.3 is 5.97 Å². The van der Waals surface area contributed by atoms with Crippen LogP contribution in [0.1, 0.15) is 20.3 Å². The number of hydrogen-bond acceptors (Lipinski definition) is 4. The summed E-state index contributed by atoms with van der Waals surface area (Å²) in [6.07, 6.45) is 0.176. The first-order valence-electron chi connectivity index (χ1n) is 6.89. The molecular weight excluding hydrogens is 313 g/mol. The van der Waals surface area contributed by atoms with E-state index in [0.29, 0.717) is 6.42 Å². The predicted octanol–water partition coefficient (Wildman–Crippen LogP) is 1.61. The molecule has 122 valence electrons. The van der Waals surface area contributed by atoms with Gasteiger partial charge in [-0.1, -0.05) is 0 Å². The zero-order chi connectivity index (χ0) is 16.5. The minimum atomic E-state index is -3.97. The third kappa shape index (κ3) is 3.95. The first-order chi connectivity index (χ1) is 10.2. The number of rotatable bonds is 7. The van der Waals surface area contributed by atoms with E-state index in [1.165, 1.54) is 6.07 Å². The maximum Gasteiger partial charge on any atom is 0.306 e. The van der Waals surface area contributed by atoms with E-state index in [1.54, 1.807) is 13.8 Å². The third-order valence-corrected chi connectivity index (χ3v) is 4.78. The Labute approximate surface area is 128 Å². The van der Waals surface area contributed by atoms with E-state index in [1.807, 2.05) is 0 Å². The van der Waals surface area contributed by atoms with Crippen LogP contribution in [0, 0.1) is 17.7 Å². The minimum Gasteiger partial charge on any atom is -0.490 e. The second-order valence-electron chi connectivity index (χ2n) is 5.55. The van der Waals surface area contributed by atoms with Gasteiger partial charge in [-0.05, 0) is 44.4 Å². The van der Waals surface area contributed by atoms with E-state index in [4.69, 9.17) is 9.84 Å². The lowest BCUT2D eigenvalue weighted by Crippen LogP contribution is -2.27. The monoisotopic (exact) mass is 331 g/mol. The number of carbonyl (C=O) groups is 1. The average molecular weight is 331 g/mol. The van der Waals surface area contributed by atoms with Crippen LogP contribution in [-0.4, -0.2) is 32.1 Å². The summed E-state index contributed by atoms with van der Waals surface area (Å²) in [4.78, 5) is 10.5. The van der Waals surface area contributed by atoms with E-state index in [0.717, 1.165) is 12.1 Å². The van der Waals surface area contributed by atoms with E-state index in [9.17, 15) is 17.6 Å². The van der Waals surface area contributed by atoms with Crippen molar-refractivity contribution in [3.05, 3.63) is 24.0 Å². The highest BCUT2D eigenvalue weighted by Crippen LogP contribution is 2.38. The topological polar surface area (TPSA) is 92.7 Å². The molecule has 0 aliphatic heterocycles. The van der Waals surface area contributed by atoms with Crippen molar-refractivity contribution in [2.75, 3.05) is 6.54 Å². The van der Waals surface area contributed by atoms with Crippen molar-refractivity contribution in [3.63, 3.8) is 0 Å². The van der Waals surface area contributed by atoms with E-state index in [2.05, 4.69) is 4.72 Å². The van der Waals surface area contributed by atoms with Crippen LogP contribution in [0.15, 0.2) is 23.1 Å². The molecule has 0 radical (unpaired) electrons. The van der Waals surface area contributed by atoms with Crippen molar-refractivity contribution in [3.8, 4) is 5.75 Å². The minimum absolute atomic E-state index is 0.0108. The van der Waals surface area contributed by atoms with Gasteiger partial charge in [0.1, 0.15) is 16.5 Å². The Morgan fingerprint density at radius 1 is 1.50 bits per heavy atom. The Morgan fingerprint density at radius 2 is 2.18 bits per heavy atom. The van der Waals surface area contributed by atoms with Gasteiger partial charge in [0, 0.05) is 6.54 Å². The Hall–Kier alpha value is -1.67. The lowest BCUT2D eigenvalue weighted by atomic mass is 10.3. The predicted molar refractivity (Wildman–Crippen MR) is 76.6 cm³/mol. The molecule has 0 spiro atoms. The van der Waals surface area contributed by atoms with E-state index >= 15 is 0 Å². The van der Waals surface area contributed by atoms with Crippen LogP contribution in [0.3, 0.4) is 0 Å². The molecule has 1 fully saturated rings. The number of aliphatic carboxylic acids is 1. The van der Waals surface area contributed by atoms with Gasteiger partial charge in [-0.25, -0.2) is 17.5 Å². The molecule has 1 saturated carbocycles. The maximum atomic E-state index is 13.4. The first kappa shape index (κ1) is 16.7. The largest absolute Gasteiger partial charge is 0.490 e. The number of sulfonamides is 1. The molecule has 2 atom stereocenters. The Kier molecular flexibility index (Phi) is 4.72. The lowest BCUT2D eigenvalue weighted by Gasteiger charge is -2.15. The van der Waals surface area contributed by atoms with Gasteiger partial charge < -0.3 is 9.84 Å². The summed E-state index contributed by atoms with van der Waals surface area (Å²) in [5.74, 6) is -2.29. The SMILES string of the molecule is CC(C)Oc1ccc(F)cc1S(=O)(=O)NC[C@@H]1C[C@@H]1C(=O)O. The van der Waals surface area contributed by atoms with Crippen molar-refractivity contribution < 1.29 is 27.4 Å². The molecule has 6 nitrogen and oxygen atoms in total. The van der Waals surface area contributed by atoms with Gasteiger partial charge in [0.15, 0.2) is 0 Å². The van der Waals surface area contributed by atoms with Gasteiger partial charge in [0.2, 0.25) is 10.0 Å². The van der Waals surface area contributed by atoms with Gasteiger partial charge in [-0.2, -0.15) is 0 Å². The highest BCUT2D eigenvalue weighted by Gasteiger charge is 2.43. The molecule has 0 bridgehead atoms. The first-order valence-corrected chi connectivity index (χ1v) is 8.37. The molecule has 0 aromatic heterocycles. The van der Waals surface area contributed by atoms with Gasteiger partial charge in [-0.15, -0.1) is 0 Å². The Morgan fingerprint density at radius 3 is 2.73 bits per heavy atom. The number of carboxylic acids is 1. The smallest absolute Gasteiger partial charge is 0.306 e. The van der Waals surface area contributed by atoms with Crippen molar-refractivity contribution >= 4 is 16.0 Å². The number of carboxylic acid groups (broad SMARTS) is 1. The second-order valence-corrected chi connectivity index (χ2v) is 7.29. The third-order valence-electron chi connectivity index (χ3n) is 3.33. The summed E-state index contributed by atoms with van der Waals surface area (Å²) in [7, 11) is -3.97. The van der Waals surface area contributed by atoms with Crippen LogP contribution >= 0.6 is 0 Å². The summed E-state index contributed by atoms with van der Waals surface area (Å²) in [6, 6.07) is 3.28. The van der Waals surface area contributed by atoms with Crippen LogP contribution in [0.4, 0.5) is 4.39 Å². The zero-order valence-electron chi connectivity index (χ0n) is 12.2. The molecule has 0 heterocycles. The second kappa shape index (κ2) is 6.21. The van der Waals surface area contributed by atoms with Crippen LogP contribution < -0.4 is 9.46 Å². The highest BCUT2D eigenvalue weighted by atomic mass is 32.2. The van der Waals surface area contributed by atoms with Crippen molar-refractivity contribution in [1.82, 2.24) is 4.72 Å². The summed E-state index contributed by atoms with van der Waals surface area (Å²) in [5, 5.41) is 8.80. The van der Waals surface area contributed by atoms with Crippen molar-refractivity contribution in [2.24, 2.45) is 11.8 Å². The molecule has 2 rings (SSSR count). The normalized spacial score (nSPS) is 20.9. The van der Waals surface area contributed by atoms with Crippen LogP contribution in [-0.2, 0) is 14.8 Å². The quantitative estimate of drug-likeness (QED) is 0.792. The lowest BCUT2D eigenvalue weighted by molar-refractivity contribution is -0.138. The van der Waals surface area contributed by atoms with Gasteiger partial charge in [0.05, 0.1) is 12.0 Å². The fourth-order valence-corrected chi connectivity index (χ4v) is 3.35. The molecule has 0 unspecified atom stereocenters. The molecule has 8 heteroatoms. The Balaban J connectivity index is 2.14. The maximum absolute atomic E-state index is 13.4. The van der Waals surface area contributed by atoms with E-state index in [-0.39, 0.29) is 29.2 Å². The molecule has 0 amide bonds. The number of ether oxygens (including phenoxy) is 1. The van der Waals surface area contributed by atoms with Crippen molar-refractivity contribution in [1.29, 1.82) is 0 Å². The molecule has 1 aromatic carbocycles. The molecule has 1 aliphatic rings. The number of benzene rings is 1. The summed E-state index contributed by atoms with van der Waals surface area (Å²) in [5.41, 5.74) is 0. The molecule has 1 aliphatic carbocycles. The van der Waals surface area contributed by atoms with Crippen molar-refractivity contribution in [2.45, 2.75) is 31.3 Å². The van der Waals surface area contributed by atoms with Crippen LogP contribution in [0.25, 0.3) is 0 Å². The molecule has 1 aromatic rings. The summed E-state index contributed by atoms with van der Waals surface area (Å²) in [6.45, 7) is 3.47. The van der Waals surface area contributed by atoms with Gasteiger partial charge in [-0.3, -0.25) is 4.79 Å². The standard InChI is InChI=1S/C14H18FNO5S/c1-8(2)21-12-4-3-10(15)6-13(12)22(19,20)16-7-9-5-11(9)14(17)18/h3-4,6,8-9,11,16H,5,7H2,1-2H3,(H,17,18)/t9-,11-/m0/s1. The number of halogens is 1. The van der Waals surface area contributed by atoms with Crippen LogP contribution in [0.5, 0.6) is 5.75 Å². The molecule has 0 saturated heterocycles. The Bertz CT molecular complexity index is 674. The molecular formula is C14H18FNO5S. The number of nitrogens with one attached hydrogen (secondary N) is 1. The summed E-state index contributed by atoms with van der Waals surface area (Å²) < 4.78 is 45.7. The molecule has 2 N–H and O–H groups in total.